The fourth-order valence-corrected chi connectivity index (χ4v) is 4.30. The number of anilines is 1. The molecule has 0 amide bonds. The van der Waals surface area contributed by atoms with Gasteiger partial charge in [-0.1, -0.05) is 23.2 Å². The number of hydrogen-bond donors (Lipinski definition) is 0. The highest BCUT2D eigenvalue weighted by Crippen LogP contribution is 2.31. The average molecular weight is 402 g/mol. The topological polar surface area (TPSA) is 63.7 Å². The summed E-state index contributed by atoms with van der Waals surface area (Å²) in [6.07, 6.45) is 0. The molecule has 0 saturated heterocycles. The molecule has 0 aromatic heterocycles. The van der Waals surface area contributed by atoms with Crippen LogP contribution in [0.4, 0.5) is 5.69 Å². The van der Waals surface area contributed by atoms with Crippen molar-refractivity contribution in [2.75, 3.05) is 18.0 Å². The van der Waals surface area contributed by atoms with Crippen molar-refractivity contribution in [3.63, 3.8) is 0 Å². The largest absolute Gasteiger partial charge is 0.462 e. The quantitative estimate of drug-likeness (QED) is 0.700. The van der Waals surface area contributed by atoms with Gasteiger partial charge >= 0.3 is 5.97 Å². The summed E-state index contributed by atoms with van der Waals surface area (Å²) in [5.41, 5.74) is 1.38. The summed E-state index contributed by atoms with van der Waals surface area (Å²) in [5.74, 6) is -0.458. The lowest BCUT2D eigenvalue weighted by Crippen LogP contribution is -2.27. The molecule has 0 saturated carbocycles. The Labute approximate surface area is 157 Å². The average Bonchev–Trinajstić information content (AvgIpc) is 2.56. The molecule has 0 atom stereocenters. The van der Waals surface area contributed by atoms with Crippen LogP contribution >= 0.6 is 23.2 Å². The second-order valence-corrected chi connectivity index (χ2v) is 8.05. The van der Waals surface area contributed by atoms with Crippen LogP contribution in [0, 0.1) is 6.92 Å². The van der Waals surface area contributed by atoms with Crippen LogP contribution in [0.2, 0.25) is 10.0 Å². The van der Waals surface area contributed by atoms with E-state index in [1.165, 1.54) is 31.3 Å². The molecule has 0 N–H and O–H groups in total. The van der Waals surface area contributed by atoms with Crippen molar-refractivity contribution in [3.8, 4) is 0 Å². The Hall–Kier alpha value is -1.76. The molecule has 0 fully saturated rings. The van der Waals surface area contributed by atoms with E-state index in [1.54, 1.807) is 26.0 Å². The molecule has 0 unspecified atom stereocenters. The van der Waals surface area contributed by atoms with Crippen molar-refractivity contribution in [1.82, 2.24) is 0 Å². The third-order valence-corrected chi connectivity index (χ3v) is 6.07. The Balaban J connectivity index is 2.44. The molecule has 2 aromatic rings. The summed E-state index contributed by atoms with van der Waals surface area (Å²) in [6, 6.07) is 8.91. The van der Waals surface area contributed by atoms with Gasteiger partial charge in [0.05, 0.1) is 22.9 Å². The van der Waals surface area contributed by atoms with Crippen LogP contribution in [-0.2, 0) is 14.8 Å². The number of nitrogens with zero attached hydrogens (tertiary/aromatic N) is 1. The van der Waals surface area contributed by atoms with Gasteiger partial charge in [-0.25, -0.2) is 13.2 Å². The third-order valence-electron chi connectivity index (χ3n) is 3.58. The predicted octanol–water partition coefficient (Wildman–Crippen LogP) is 4.30. The Kier molecular flexibility index (Phi) is 5.98. The molecule has 0 radical (unpaired) electrons. The minimum atomic E-state index is -3.91. The maximum absolute atomic E-state index is 12.9. The van der Waals surface area contributed by atoms with Gasteiger partial charge in [0.2, 0.25) is 0 Å². The van der Waals surface area contributed by atoms with Crippen LogP contribution < -0.4 is 4.31 Å². The lowest BCUT2D eigenvalue weighted by atomic mass is 10.1. The van der Waals surface area contributed by atoms with Crippen LogP contribution in [0.1, 0.15) is 22.8 Å². The summed E-state index contributed by atoms with van der Waals surface area (Å²) >= 11 is 11.9. The maximum Gasteiger partial charge on any atom is 0.338 e. The number of ether oxygens (including phenoxy) is 1. The molecule has 0 aliphatic carbocycles. The van der Waals surface area contributed by atoms with Crippen molar-refractivity contribution >= 4 is 44.9 Å². The summed E-state index contributed by atoms with van der Waals surface area (Å²) in [6.45, 7) is 3.69. The Morgan fingerprint density at radius 3 is 2.44 bits per heavy atom. The number of hydrogen-bond acceptors (Lipinski definition) is 4. The molecule has 2 rings (SSSR count). The first-order chi connectivity index (χ1) is 11.7. The smallest absolute Gasteiger partial charge is 0.338 e. The monoisotopic (exact) mass is 401 g/mol. The highest BCUT2D eigenvalue weighted by molar-refractivity contribution is 7.93. The van der Waals surface area contributed by atoms with E-state index in [9.17, 15) is 13.2 Å². The molecule has 0 spiro atoms. The summed E-state index contributed by atoms with van der Waals surface area (Å²) in [4.78, 5) is 11.7. The molecule has 0 aliphatic heterocycles. The van der Waals surface area contributed by atoms with E-state index < -0.39 is 16.0 Å². The van der Waals surface area contributed by atoms with Gasteiger partial charge in [-0.2, -0.15) is 0 Å². The lowest BCUT2D eigenvalue weighted by molar-refractivity contribution is 0.0526. The Morgan fingerprint density at radius 1 is 1.16 bits per heavy atom. The van der Waals surface area contributed by atoms with Gasteiger partial charge in [-0.05, 0) is 55.8 Å². The van der Waals surface area contributed by atoms with Gasteiger partial charge in [-0.3, -0.25) is 4.31 Å². The number of sulfonamides is 1. The zero-order valence-electron chi connectivity index (χ0n) is 13.9. The summed E-state index contributed by atoms with van der Waals surface area (Å²) in [5, 5.41) is 0.350. The number of esters is 1. The van der Waals surface area contributed by atoms with E-state index in [4.69, 9.17) is 27.9 Å². The molecule has 0 heterocycles. The molecule has 5 nitrogen and oxygen atoms in total. The fraction of sp³-hybridized carbons (Fsp3) is 0.235. The van der Waals surface area contributed by atoms with Crippen LogP contribution in [0.25, 0.3) is 0 Å². The fourth-order valence-electron chi connectivity index (χ4n) is 2.30. The van der Waals surface area contributed by atoms with Crippen molar-refractivity contribution in [1.29, 1.82) is 0 Å². The van der Waals surface area contributed by atoms with Gasteiger partial charge in [-0.15, -0.1) is 0 Å². The zero-order chi connectivity index (χ0) is 18.8. The minimum Gasteiger partial charge on any atom is -0.462 e. The minimum absolute atomic E-state index is 0.0806. The van der Waals surface area contributed by atoms with E-state index in [0.29, 0.717) is 16.8 Å². The van der Waals surface area contributed by atoms with Gasteiger partial charge in [0.15, 0.2) is 0 Å². The second-order valence-electron chi connectivity index (χ2n) is 5.27. The summed E-state index contributed by atoms with van der Waals surface area (Å²) < 4.78 is 31.8. The van der Waals surface area contributed by atoms with Gasteiger partial charge in [0.1, 0.15) is 4.90 Å². The Morgan fingerprint density at radius 2 is 1.84 bits per heavy atom. The van der Waals surface area contributed by atoms with Crippen LogP contribution in [0.5, 0.6) is 0 Å². The number of halogens is 2. The van der Waals surface area contributed by atoms with E-state index in [2.05, 4.69) is 0 Å². The molecular formula is C17H17Cl2NO4S. The van der Waals surface area contributed by atoms with Crippen molar-refractivity contribution in [2.24, 2.45) is 0 Å². The highest BCUT2D eigenvalue weighted by atomic mass is 35.5. The number of rotatable bonds is 5. The van der Waals surface area contributed by atoms with Gasteiger partial charge in [0, 0.05) is 12.1 Å². The van der Waals surface area contributed by atoms with Crippen LogP contribution in [0.3, 0.4) is 0 Å². The molecule has 8 heteroatoms. The normalized spacial score (nSPS) is 11.2. The van der Waals surface area contributed by atoms with Gasteiger partial charge in [0.25, 0.3) is 10.0 Å². The predicted molar refractivity (Wildman–Crippen MR) is 99.2 cm³/mol. The van der Waals surface area contributed by atoms with Crippen LogP contribution in [-0.4, -0.2) is 28.0 Å². The van der Waals surface area contributed by atoms with E-state index in [1.807, 2.05) is 0 Å². The summed E-state index contributed by atoms with van der Waals surface area (Å²) in [7, 11) is -2.49. The first kappa shape index (κ1) is 19.6. The van der Waals surface area contributed by atoms with E-state index in [-0.39, 0.29) is 21.5 Å². The molecular weight excluding hydrogens is 385 g/mol. The van der Waals surface area contributed by atoms with Crippen molar-refractivity contribution in [2.45, 2.75) is 18.7 Å². The van der Waals surface area contributed by atoms with Crippen LogP contribution in [0.15, 0.2) is 41.3 Å². The second kappa shape index (κ2) is 7.64. The maximum atomic E-state index is 12.9. The number of aryl methyl sites for hydroxylation is 1. The molecule has 0 bridgehead atoms. The lowest BCUT2D eigenvalue weighted by Gasteiger charge is -2.22. The first-order valence-electron chi connectivity index (χ1n) is 7.40. The number of carbonyl (C=O) groups excluding carboxylic acids is 1. The molecule has 134 valence electrons. The van der Waals surface area contributed by atoms with Crippen molar-refractivity contribution in [3.05, 3.63) is 57.6 Å². The number of carbonyl (C=O) groups is 1. The Bertz CT molecular complexity index is 913. The first-order valence-corrected chi connectivity index (χ1v) is 9.59. The number of benzene rings is 2. The van der Waals surface area contributed by atoms with Gasteiger partial charge < -0.3 is 4.74 Å². The molecule has 25 heavy (non-hydrogen) atoms. The molecule has 0 aliphatic rings. The standard InChI is InChI=1S/C17H17Cl2NO4S/c1-4-24-17(21)12-5-8-15(11(2)9-12)20(3)25(22,23)16-10-13(18)6-7-14(16)19/h5-10H,4H2,1-3H3. The van der Waals surface area contributed by atoms with Crippen molar-refractivity contribution < 1.29 is 17.9 Å². The SMILES string of the molecule is CCOC(=O)c1ccc(N(C)S(=O)(=O)c2cc(Cl)ccc2Cl)c(C)c1. The van der Waals surface area contributed by atoms with E-state index in [0.717, 1.165) is 4.31 Å². The van der Waals surface area contributed by atoms with E-state index >= 15 is 0 Å². The highest BCUT2D eigenvalue weighted by Gasteiger charge is 2.26. The zero-order valence-corrected chi connectivity index (χ0v) is 16.2. The third kappa shape index (κ3) is 4.08. The molecule has 2 aromatic carbocycles.